The molecule has 2 aliphatic rings. The summed E-state index contributed by atoms with van der Waals surface area (Å²) in [6.07, 6.45) is 7.08. The maximum Gasteiger partial charge on any atom is 0.277 e. The highest BCUT2D eigenvalue weighted by Gasteiger charge is 2.31. The van der Waals surface area contributed by atoms with Crippen LogP contribution in [0, 0.1) is 0 Å². The summed E-state index contributed by atoms with van der Waals surface area (Å²) in [6, 6.07) is 26.8. The summed E-state index contributed by atoms with van der Waals surface area (Å²) in [5.74, 6) is 2.17. The normalized spacial score (nSPS) is 15.4. The Morgan fingerprint density at radius 2 is 1.60 bits per heavy atom. The molecular weight excluding hydrogens is 599 g/mol. The fourth-order valence-electron chi connectivity index (χ4n) is 6.98. The Morgan fingerprint density at radius 1 is 0.872 bits per heavy atom. The van der Waals surface area contributed by atoms with Crippen molar-refractivity contribution in [1.29, 1.82) is 0 Å². The first kappa shape index (κ1) is 33.4. The van der Waals surface area contributed by atoms with E-state index in [1.807, 2.05) is 11.8 Å². The molecule has 0 atom stereocenters. The highest BCUT2D eigenvalue weighted by Crippen LogP contribution is 2.50. The van der Waals surface area contributed by atoms with E-state index >= 15 is 0 Å². The van der Waals surface area contributed by atoms with Crippen LogP contribution in [0.1, 0.15) is 36.0 Å². The van der Waals surface area contributed by atoms with Crippen LogP contribution >= 0.6 is 11.8 Å². The Labute approximate surface area is 287 Å². The molecule has 0 aliphatic carbocycles. The lowest BCUT2D eigenvalue weighted by atomic mass is 10.0. The van der Waals surface area contributed by atoms with E-state index in [0.29, 0.717) is 0 Å². The number of ether oxygens (including phenoxy) is 1. The fraction of sp³-hybridized carbons (Fsp3) is 0.425. The second kappa shape index (κ2) is 13.9. The topological polar surface area (TPSA) is 19.6 Å². The third kappa shape index (κ3) is 7.97. The van der Waals surface area contributed by atoms with Gasteiger partial charge in [0.05, 0.1) is 86.3 Å². The number of nitrogens with zero attached hydrogens (tertiary/aromatic N) is 5. The van der Waals surface area contributed by atoms with Crippen molar-refractivity contribution in [3.05, 3.63) is 94.5 Å². The smallest absolute Gasteiger partial charge is 0.277 e. The van der Waals surface area contributed by atoms with Crippen LogP contribution in [0.15, 0.2) is 82.7 Å². The fourth-order valence-corrected chi connectivity index (χ4v) is 8.17. The number of para-hydroxylation sites is 1. The highest BCUT2D eigenvalue weighted by atomic mass is 32.2. The summed E-state index contributed by atoms with van der Waals surface area (Å²) in [7, 11) is 15.6. The van der Waals surface area contributed by atoms with Gasteiger partial charge in [0.25, 0.3) is 5.82 Å². The molecule has 0 amide bonds. The molecule has 3 heterocycles. The van der Waals surface area contributed by atoms with Gasteiger partial charge in [-0.15, -0.1) is 0 Å². The first-order valence-electron chi connectivity index (χ1n) is 17.2. The number of hydrogen-bond donors (Lipinski definition) is 0. The average Bonchev–Trinajstić information content (AvgIpc) is 3.39. The van der Waals surface area contributed by atoms with E-state index in [-0.39, 0.29) is 0 Å². The molecule has 3 aromatic carbocycles. The molecule has 0 N–H and O–H groups in total. The Hall–Kier alpha value is -3.52. The summed E-state index contributed by atoms with van der Waals surface area (Å²) in [5, 5.41) is 2.59. The minimum Gasteiger partial charge on any atom is -0.497 e. The second-order valence-electron chi connectivity index (χ2n) is 15.2. The number of aryl methyl sites for hydroxylation is 1. The van der Waals surface area contributed by atoms with Crippen molar-refractivity contribution in [1.82, 2.24) is 0 Å². The van der Waals surface area contributed by atoms with Gasteiger partial charge in [0.1, 0.15) is 17.8 Å². The summed E-state index contributed by atoms with van der Waals surface area (Å²) in [5.41, 5.74) is 6.69. The predicted octanol–water partition coefficient (Wildman–Crippen LogP) is 7.04. The number of hydrogen-bond acceptors (Lipinski definition) is 4. The number of fused-ring (bicyclic) bond motifs is 1. The SMILES string of the molecule is COc1ccc2c(C=C3Sc4cccc5c4N3CCC5)cc(N(CCC[N+](C)(C)C)CCC[N+](C)(C)C)[n+](Cc3ccccc3)c2c1. The van der Waals surface area contributed by atoms with E-state index in [0.717, 1.165) is 66.8 Å². The minimum atomic E-state index is 0.799. The molecule has 1 aromatic heterocycles. The van der Waals surface area contributed by atoms with Crippen molar-refractivity contribution in [2.45, 2.75) is 37.1 Å². The standard InChI is InChI=1S/C40H54N5OS/c1-44(2,3)25-13-22-41(23-14-26-45(4,5)6)38-27-33(28-39-42-24-12-18-32-17-11-19-37(47-39)40(32)42)35-21-20-34(46-7)29-36(35)43(38)30-31-15-9-8-10-16-31/h8-11,15-17,19-21,27-29H,12-14,18,22-26,30H2,1-7H3/q+3. The molecule has 0 bridgehead atoms. The van der Waals surface area contributed by atoms with Gasteiger partial charge < -0.3 is 18.6 Å². The van der Waals surface area contributed by atoms with Crippen LogP contribution in [-0.2, 0) is 13.0 Å². The van der Waals surface area contributed by atoms with E-state index in [4.69, 9.17) is 4.74 Å². The Balaban J connectivity index is 1.51. The number of quaternary nitrogens is 2. The molecule has 0 saturated heterocycles. The van der Waals surface area contributed by atoms with Crippen molar-refractivity contribution in [3.63, 3.8) is 0 Å². The van der Waals surface area contributed by atoms with Crippen molar-refractivity contribution >= 4 is 40.2 Å². The third-order valence-corrected chi connectivity index (χ3v) is 10.4. The van der Waals surface area contributed by atoms with Crippen LogP contribution in [0.25, 0.3) is 17.0 Å². The van der Waals surface area contributed by atoms with Crippen LogP contribution in [0.5, 0.6) is 5.75 Å². The number of thioether (sulfide) groups is 1. The van der Waals surface area contributed by atoms with Crippen molar-refractivity contribution in [2.75, 3.05) is 91.9 Å². The van der Waals surface area contributed by atoms with Crippen LogP contribution in [0.2, 0.25) is 0 Å². The lowest BCUT2D eigenvalue weighted by Gasteiger charge is -2.28. The molecule has 2 aliphatic heterocycles. The number of aromatic nitrogens is 1. The lowest BCUT2D eigenvalue weighted by molar-refractivity contribution is -0.870. The molecule has 47 heavy (non-hydrogen) atoms. The quantitative estimate of drug-likeness (QED) is 0.114. The molecule has 6 nitrogen and oxygen atoms in total. The van der Waals surface area contributed by atoms with E-state index in [9.17, 15) is 0 Å². The lowest BCUT2D eigenvalue weighted by Crippen LogP contribution is -2.46. The van der Waals surface area contributed by atoms with Crippen LogP contribution in [-0.4, -0.2) is 91.1 Å². The highest BCUT2D eigenvalue weighted by molar-refractivity contribution is 8.03. The zero-order chi connectivity index (χ0) is 33.2. The summed E-state index contributed by atoms with van der Waals surface area (Å²) in [4.78, 5) is 6.63. The Kier molecular flexibility index (Phi) is 9.88. The van der Waals surface area contributed by atoms with Crippen molar-refractivity contribution < 1.29 is 18.3 Å². The van der Waals surface area contributed by atoms with E-state index < -0.39 is 0 Å². The number of pyridine rings is 1. The molecule has 0 unspecified atom stereocenters. The van der Waals surface area contributed by atoms with Gasteiger partial charge in [-0.25, -0.2) is 4.57 Å². The van der Waals surface area contributed by atoms with Crippen LogP contribution in [0.3, 0.4) is 0 Å². The van der Waals surface area contributed by atoms with Crippen molar-refractivity contribution in [2.24, 2.45) is 0 Å². The first-order chi connectivity index (χ1) is 22.5. The molecule has 0 fully saturated rings. The van der Waals surface area contributed by atoms with Gasteiger partial charge in [0.15, 0.2) is 0 Å². The van der Waals surface area contributed by atoms with Gasteiger partial charge >= 0.3 is 0 Å². The molecule has 0 saturated carbocycles. The largest absolute Gasteiger partial charge is 0.497 e. The summed E-state index contributed by atoms with van der Waals surface area (Å²) < 4.78 is 10.3. The maximum atomic E-state index is 5.84. The molecule has 248 valence electrons. The second-order valence-corrected chi connectivity index (χ2v) is 16.3. The third-order valence-electron chi connectivity index (χ3n) is 9.33. The van der Waals surface area contributed by atoms with Gasteiger partial charge in [-0.2, -0.15) is 0 Å². The summed E-state index contributed by atoms with van der Waals surface area (Å²) in [6.45, 7) is 6.17. The summed E-state index contributed by atoms with van der Waals surface area (Å²) >= 11 is 1.93. The average molecular weight is 653 g/mol. The molecule has 6 rings (SSSR count). The molecular formula is C40H54N5OS+3. The van der Waals surface area contributed by atoms with Crippen LogP contribution in [0.4, 0.5) is 11.5 Å². The van der Waals surface area contributed by atoms with Crippen molar-refractivity contribution in [3.8, 4) is 5.75 Å². The van der Waals surface area contributed by atoms with E-state index in [2.05, 4.69) is 136 Å². The van der Waals surface area contributed by atoms with Gasteiger partial charge in [0, 0.05) is 41.8 Å². The van der Waals surface area contributed by atoms with Crippen LogP contribution < -0.4 is 19.1 Å². The van der Waals surface area contributed by atoms with Gasteiger partial charge in [-0.3, -0.25) is 4.90 Å². The number of benzene rings is 3. The molecule has 0 radical (unpaired) electrons. The number of rotatable bonds is 13. The van der Waals surface area contributed by atoms with E-state index in [1.165, 1.54) is 61.9 Å². The molecule has 4 aromatic rings. The first-order valence-corrected chi connectivity index (χ1v) is 18.0. The zero-order valence-electron chi connectivity index (χ0n) is 29.6. The maximum absolute atomic E-state index is 5.84. The number of methoxy groups -OCH3 is 1. The van der Waals surface area contributed by atoms with Gasteiger partial charge in [0.2, 0.25) is 0 Å². The Morgan fingerprint density at radius 3 is 2.28 bits per heavy atom. The molecule has 7 heteroatoms. The minimum absolute atomic E-state index is 0.799. The number of anilines is 2. The van der Waals surface area contributed by atoms with E-state index in [1.54, 1.807) is 7.11 Å². The van der Waals surface area contributed by atoms with Gasteiger partial charge in [-0.05, 0) is 53.8 Å². The molecule has 0 spiro atoms. The zero-order valence-corrected chi connectivity index (χ0v) is 30.4. The predicted molar refractivity (Wildman–Crippen MR) is 199 cm³/mol. The Bertz CT molecular complexity index is 1720. The van der Waals surface area contributed by atoms with Gasteiger partial charge in [-0.1, -0.05) is 54.2 Å². The monoisotopic (exact) mass is 652 g/mol.